The van der Waals surface area contributed by atoms with Crippen LogP contribution >= 0.6 is 11.8 Å². The van der Waals surface area contributed by atoms with Gasteiger partial charge in [-0.05, 0) is 31.4 Å². The van der Waals surface area contributed by atoms with Gasteiger partial charge in [0.15, 0.2) is 0 Å². The van der Waals surface area contributed by atoms with Crippen molar-refractivity contribution in [2.45, 2.75) is 25.8 Å². The van der Waals surface area contributed by atoms with Gasteiger partial charge in [0.25, 0.3) is 0 Å². The molecule has 80 valence electrons. The number of thioether (sulfide) groups is 1. The van der Waals surface area contributed by atoms with Crippen LogP contribution < -0.4 is 5.32 Å². The number of rotatable bonds is 8. The Balaban J connectivity index is 3.39. The van der Waals surface area contributed by atoms with Gasteiger partial charge in [-0.1, -0.05) is 6.92 Å². The van der Waals surface area contributed by atoms with Crippen LogP contribution in [0, 0.1) is 0 Å². The second-order valence-electron chi connectivity index (χ2n) is 3.35. The normalized spacial score (nSPS) is 12.0. The Morgan fingerprint density at radius 2 is 1.92 bits per heavy atom. The third kappa shape index (κ3) is 6.32. The zero-order chi connectivity index (χ0) is 10.2. The van der Waals surface area contributed by atoms with E-state index >= 15 is 0 Å². The fourth-order valence-electron chi connectivity index (χ4n) is 0.871. The third-order valence-electron chi connectivity index (χ3n) is 1.92. The van der Waals surface area contributed by atoms with Crippen molar-refractivity contribution in [3.8, 4) is 0 Å². The Kier molecular flexibility index (Phi) is 7.75. The van der Waals surface area contributed by atoms with Crippen LogP contribution in [-0.2, 0) is 0 Å². The highest BCUT2D eigenvalue weighted by molar-refractivity contribution is 7.99. The highest BCUT2D eigenvalue weighted by Crippen LogP contribution is 2.03. The van der Waals surface area contributed by atoms with Gasteiger partial charge in [0.05, 0.1) is 18.8 Å². The quantitative estimate of drug-likeness (QED) is 0.506. The fourth-order valence-corrected chi connectivity index (χ4v) is 1.51. The SMILES string of the molecule is CCSCCCNC(C)(CO)CO. The van der Waals surface area contributed by atoms with Crippen LogP contribution in [0.5, 0.6) is 0 Å². The minimum atomic E-state index is -0.517. The first-order valence-electron chi connectivity index (χ1n) is 4.73. The topological polar surface area (TPSA) is 52.5 Å². The number of hydrogen-bond acceptors (Lipinski definition) is 4. The van der Waals surface area contributed by atoms with Crippen molar-refractivity contribution in [1.82, 2.24) is 5.32 Å². The van der Waals surface area contributed by atoms with E-state index in [1.807, 2.05) is 18.7 Å². The fraction of sp³-hybridized carbons (Fsp3) is 1.00. The molecule has 0 unspecified atom stereocenters. The van der Waals surface area contributed by atoms with Gasteiger partial charge >= 0.3 is 0 Å². The van der Waals surface area contributed by atoms with Crippen molar-refractivity contribution in [3.63, 3.8) is 0 Å². The van der Waals surface area contributed by atoms with Crippen LogP contribution in [0.15, 0.2) is 0 Å². The molecule has 0 fully saturated rings. The van der Waals surface area contributed by atoms with Gasteiger partial charge in [0, 0.05) is 0 Å². The Labute approximate surface area is 84.9 Å². The van der Waals surface area contributed by atoms with Crippen LogP contribution in [0.1, 0.15) is 20.3 Å². The monoisotopic (exact) mass is 207 g/mol. The first-order chi connectivity index (χ1) is 6.18. The average Bonchev–Trinajstić information content (AvgIpc) is 2.17. The Hall–Kier alpha value is 0.230. The summed E-state index contributed by atoms with van der Waals surface area (Å²) < 4.78 is 0. The molecule has 0 rings (SSSR count). The van der Waals surface area contributed by atoms with Gasteiger partial charge in [0.1, 0.15) is 0 Å². The molecule has 4 heteroatoms. The molecule has 3 N–H and O–H groups in total. The molecule has 0 radical (unpaired) electrons. The van der Waals surface area contributed by atoms with E-state index in [1.165, 1.54) is 0 Å². The van der Waals surface area contributed by atoms with E-state index in [-0.39, 0.29) is 13.2 Å². The summed E-state index contributed by atoms with van der Waals surface area (Å²) in [6.07, 6.45) is 1.08. The lowest BCUT2D eigenvalue weighted by atomic mass is 10.1. The van der Waals surface area contributed by atoms with Crippen LogP contribution in [-0.4, -0.2) is 47.0 Å². The van der Waals surface area contributed by atoms with Crippen molar-refractivity contribution >= 4 is 11.8 Å². The van der Waals surface area contributed by atoms with E-state index in [9.17, 15) is 0 Å². The molecule has 0 saturated carbocycles. The molecule has 0 aliphatic carbocycles. The van der Waals surface area contributed by atoms with Crippen molar-refractivity contribution in [2.24, 2.45) is 0 Å². The summed E-state index contributed by atoms with van der Waals surface area (Å²) in [5.74, 6) is 2.29. The molecule has 0 heterocycles. The zero-order valence-electron chi connectivity index (χ0n) is 8.55. The number of nitrogens with one attached hydrogen (secondary N) is 1. The minimum Gasteiger partial charge on any atom is -0.394 e. The van der Waals surface area contributed by atoms with Gasteiger partial charge in [-0.3, -0.25) is 0 Å². The summed E-state index contributed by atoms with van der Waals surface area (Å²) in [7, 11) is 0. The molecule has 0 amide bonds. The van der Waals surface area contributed by atoms with E-state index in [1.54, 1.807) is 0 Å². The predicted molar refractivity (Wildman–Crippen MR) is 58.2 cm³/mol. The number of aliphatic hydroxyl groups is 2. The molecule has 0 saturated heterocycles. The van der Waals surface area contributed by atoms with Crippen molar-refractivity contribution < 1.29 is 10.2 Å². The van der Waals surface area contributed by atoms with Gasteiger partial charge in [-0.15, -0.1) is 0 Å². The molecule has 0 aliphatic heterocycles. The molecule has 0 bridgehead atoms. The summed E-state index contributed by atoms with van der Waals surface area (Å²) in [5, 5.41) is 21.1. The average molecular weight is 207 g/mol. The predicted octanol–water partition coefficient (Wildman–Crippen LogP) is 0.462. The van der Waals surface area contributed by atoms with Crippen molar-refractivity contribution in [2.75, 3.05) is 31.3 Å². The second kappa shape index (κ2) is 7.62. The van der Waals surface area contributed by atoms with Crippen LogP contribution in [0.2, 0.25) is 0 Å². The molecular weight excluding hydrogens is 186 g/mol. The third-order valence-corrected chi connectivity index (χ3v) is 2.90. The van der Waals surface area contributed by atoms with Gasteiger partial charge in [0.2, 0.25) is 0 Å². The molecular formula is C9H21NO2S. The van der Waals surface area contributed by atoms with Crippen LogP contribution in [0.25, 0.3) is 0 Å². The van der Waals surface area contributed by atoms with Crippen molar-refractivity contribution in [1.29, 1.82) is 0 Å². The molecule has 3 nitrogen and oxygen atoms in total. The Bertz CT molecular complexity index is 118. The first-order valence-corrected chi connectivity index (χ1v) is 5.88. The van der Waals surface area contributed by atoms with Gasteiger partial charge in [-0.25, -0.2) is 0 Å². The van der Waals surface area contributed by atoms with E-state index in [0.29, 0.717) is 0 Å². The molecule has 0 spiro atoms. The van der Waals surface area contributed by atoms with E-state index in [4.69, 9.17) is 10.2 Å². The standard InChI is InChI=1S/C9H21NO2S/c1-3-13-6-4-5-10-9(2,7-11)8-12/h10-12H,3-8H2,1-2H3. The minimum absolute atomic E-state index is 0.0234. The van der Waals surface area contributed by atoms with E-state index in [2.05, 4.69) is 12.2 Å². The molecule has 0 atom stereocenters. The molecule has 0 aromatic rings. The summed E-state index contributed by atoms with van der Waals surface area (Å²) in [6.45, 7) is 4.77. The number of hydrogen-bond donors (Lipinski definition) is 3. The van der Waals surface area contributed by atoms with E-state index < -0.39 is 5.54 Å². The molecule has 13 heavy (non-hydrogen) atoms. The lowest BCUT2D eigenvalue weighted by Crippen LogP contribution is -2.49. The highest BCUT2D eigenvalue weighted by Gasteiger charge is 2.20. The maximum absolute atomic E-state index is 8.96. The molecule has 0 aromatic heterocycles. The second-order valence-corrected chi connectivity index (χ2v) is 4.75. The van der Waals surface area contributed by atoms with Gasteiger partial charge < -0.3 is 15.5 Å². The summed E-state index contributed by atoms with van der Waals surface area (Å²) in [6, 6.07) is 0. The Morgan fingerprint density at radius 3 is 2.38 bits per heavy atom. The lowest BCUT2D eigenvalue weighted by molar-refractivity contribution is 0.105. The maximum atomic E-state index is 8.96. The van der Waals surface area contributed by atoms with Gasteiger partial charge in [-0.2, -0.15) is 11.8 Å². The van der Waals surface area contributed by atoms with Crippen LogP contribution in [0.3, 0.4) is 0 Å². The van der Waals surface area contributed by atoms with Crippen molar-refractivity contribution in [3.05, 3.63) is 0 Å². The number of aliphatic hydroxyl groups excluding tert-OH is 2. The molecule has 0 aromatic carbocycles. The Morgan fingerprint density at radius 1 is 1.31 bits per heavy atom. The van der Waals surface area contributed by atoms with Crippen LogP contribution in [0.4, 0.5) is 0 Å². The largest absolute Gasteiger partial charge is 0.394 e. The smallest absolute Gasteiger partial charge is 0.0633 e. The zero-order valence-corrected chi connectivity index (χ0v) is 9.36. The lowest BCUT2D eigenvalue weighted by Gasteiger charge is -2.26. The summed E-state index contributed by atoms with van der Waals surface area (Å²) in [4.78, 5) is 0. The van der Waals surface area contributed by atoms with E-state index in [0.717, 1.165) is 24.5 Å². The molecule has 0 aliphatic rings. The highest BCUT2D eigenvalue weighted by atomic mass is 32.2. The maximum Gasteiger partial charge on any atom is 0.0633 e. The summed E-state index contributed by atoms with van der Waals surface area (Å²) >= 11 is 1.91. The first kappa shape index (κ1) is 13.2. The summed E-state index contributed by atoms with van der Waals surface area (Å²) in [5.41, 5.74) is -0.517.